The molecule has 0 spiro atoms. The molecule has 126 valence electrons. The topological polar surface area (TPSA) is 96.7 Å². The quantitative estimate of drug-likeness (QED) is 0.472. The maximum Gasteiger partial charge on any atom is 0.286 e. The zero-order chi connectivity index (χ0) is 16.8. The predicted molar refractivity (Wildman–Crippen MR) is 92.2 cm³/mol. The number of H-pyrrole nitrogens is 1. The van der Waals surface area contributed by atoms with Crippen molar-refractivity contribution in [2.75, 3.05) is 6.54 Å². The molecule has 0 bridgehead atoms. The molecule has 3 aromatic heterocycles. The zero-order valence-electron chi connectivity index (χ0n) is 13.1. The summed E-state index contributed by atoms with van der Waals surface area (Å²) in [5, 5.41) is 13.3. The number of aromatic amines is 1. The number of nitrogens with one attached hydrogen (secondary N) is 2. The van der Waals surface area contributed by atoms with Crippen molar-refractivity contribution in [3.05, 3.63) is 46.1 Å². The SMILES string of the molecule is Cc1csc(CCCNC(=O)c2ccc(CSc3ncn[nH]3)o2)n1. The van der Waals surface area contributed by atoms with E-state index in [1.807, 2.05) is 12.3 Å². The second kappa shape index (κ2) is 8.11. The minimum atomic E-state index is -0.193. The van der Waals surface area contributed by atoms with Crippen molar-refractivity contribution in [3.8, 4) is 0 Å². The second-order valence-electron chi connectivity index (χ2n) is 5.09. The van der Waals surface area contributed by atoms with Crippen molar-refractivity contribution in [2.45, 2.75) is 30.7 Å². The smallest absolute Gasteiger partial charge is 0.286 e. The van der Waals surface area contributed by atoms with Gasteiger partial charge in [-0.15, -0.1) is 11.3 Å². The Kier molecular flexibility index (Phi) is 5.65. The van der Waals surface area contributed by atoms with Gasteiger partial charge in [0.15, 0.2) is 10.9 Å². The Balaban J connectivity index is 1.40. The number of hydrogen-bond acceptors (Lipinski definition) is 7. The number of thiazole rings is 1. The highest BCUT2D eigenvalue weighted by atomic mass is 32.2. The fourth-order valence-corrected chi connectivity index (χ4v) is 3.52. The molecule has 0 saturated carbocycles. The molecule has 0 aliphatic heterocycles. The van der Waals surface area contributed by atoms with Gasteiger partial charge in [0.2, 0.25) is 0 Å². The van der Waals surface area contributed by atoms with Gasteiger partial charge in [-0.05, 0) is 25.5 Å². The summed E-state index contributed by atoms with van der Waals surface area (Å²) in [5.41, 5.74) is 1.05. The molecule has 3 heterocycles. The van der Waals surface area contributed by atoms with Crippen LogP contribution in [0.4, 0.5) is 0 Å². The molecular formula is C15H17N5O2S2. The first-order valence-electron chi connectivity index (χ1n) is 7.47. The molecule has 9 heteroatoms. The van der Waals surface area contributed by atoms with Crippen LogP contribution in [0.1, 0.15) is 33.4 Å². The Morgan fingerprint density at radius 2 is 2.38 bits per heavy atom. The highest BCUT2D eigenvalue weighted by Gasteiger charge is 2.11. The summed E-state index contributed by atoms with van der Waals surface area (Å²) in [6.07, 6.45) is 3.18. The molecule has 0 atom stereocenters. The predicted octanol–water partition coefficient (Wildman–Crippen LogP) is 2.82. The fraction of sp³-hybridized carbons (Fsp3) is 0.333. The Bertz CT molecular complexity index is 782. The van der Waals surface area contributed by atoms with Gasteiger partial charge in [0.1, 0.15) is 12.1 Å². The molecule has 0 radical (unpaired) electrons. The minimum Gasteiger partial charge on any atom is -0.455 e. The van der Waals surface area contributed by atoms with Crippen LogP contribution in [0.25, 0.3) is 0 Å². The lowest BCUT2D eigenvalue weighted by Crippen LogP contribution is -2.24. The molecule has 24 heavy (non-hydrogen) atoms. The maximum atomic E-state index is 12.1. The van der Waals surface area contributed by atoms with Gasteiger partial charge in [0.05, 0.1) is 10.8 Å². The Labute approximate surface area is 147 Å². The van der Waals surface area contributed by atoms with Crippen molar-refractivity contribution >= 4 is 29.0 Å². The van der Waals surface area contributed by atoms with E-state index in [0.29, 0.717) is 18.1 Å². The minimum absolute atomic E-state index is 0.193. The Morgan fingerprint density at radius 3 is 3.12 bits per heavy atom. The number of aromatic nitrogens is 4. The van der Waals surface area contributed by atoms with Crippen LogP contribution in [0.5, 0.6) is 0 Å². The van der Waals surface area contributed by atoms with E-state index in [9.17, 15) is 4.79 Å². The molecule has 2 N–H and O–H groups in total. The summed E-state index contributed by atoms with van der Waals surface area (Å²) in [6.45, 7) is 2.58. The Hall–Kier alpha value is -2.13. The fourth-order valence-electron chi connectivity index (χ4n) is 2.03. The third-order valence-corrected chi connectivity index (χ3v) is 5.07. The molecule has 0 aliphatic carbocycles. The molecule has 0 unspecified atom stereocenters. The standard InChI is InChI=1S/C15H17N5O2S2/c1-10-7-23-13(19-10)3-2-6-16-14(21)12-5-4-11(22-12)8-24-15-17-9-18-20-15/h4-5,7,9H,2-3,6,8H2,1H3,(H,16,21)(H,17,18,20). The number of nitrogens with zero attached hydrogens (tertiary/aromatic N) is 3. The number of furan rings is 1. The van der Waals surface area contributed by atoms with Crippen LogP contribution in [-0.4, -0.2) is 32.6 Å². The monoisotopic (exact) mass is 363 g/mol. The van der Waals surface area contributed by atoms with Crippen LogP contribution in [0.15, 0.2) is 33.4 Å². The van der Waals surface area contributed by atoms with Crippen LogP contribution in [0.2, 0.25) is 0 Å². The number of hydrogen-bond donors (Lipinski definition) is 2. The molecule has 3 rings (SSSR count). The van der Waals surface area contributed by atoms with E-state index in [1.54, 1.807) is 23.5 Å². The van der Waals surface area contributed by atoms with Crippen molar-refractivity contribution in [1.29, 1.82) is 0 Å². The average Bonchev–Trinajstić information content (AvgIpc) is 3.31. The number of thioether (sulfide) groups is 1. The molecule has 0 aliphatic rings. The van der Waals surface area contributed by atoms with Crippen molar-refractivity contribution in [3.63, 3.8) is 0 Å². The van der Waals surface area contributed by atoms with Crippen molar-refractivity contribution in [1.82, 2.24) is 25.5 Å². The largest absolute Gasteiger partial charge is 0.455 e. The highest BCUT2D eigenvalue weighted by Crippen LogP contribution is 2.20. The van der Waals surface area contributed by atoms with E-state index in [-0.39, 0.29) is 5.91 Å². The lowest BCUT2D eigenvalue weighted by atomic mass is 10.3. The lowest BCUT2D eigenvalue weighted by Gasteiger charge is -2.02. The molecular weight excluding hydrogens is 346 g/mol. The molecule has 0 saturated heterocycles. The molecule has 0 aromatic carbocycles. The summed E-state index contributed by atoms with van der Waals surface area (Å²) in [5.74, 6) is 1.44. The van der Waals surface area contributed by atoms with Crippen LogP contribution >= 0.6 is 23.1 Å². The van der Waals surface area contributed by atoms with E-state index < -0.39 is 0 Å². The zero-order valence-corrected chi connectivity index (χ0v) is 14.7. The second-order valence-corrected chi connectivity index (χ2v) is 6.99. The van der Waals surface area contributed by atoms with Gasteiger partial charge in [-0.25, -0.2) is 9.97 Å². The van der Waals surface area contributed by atoms with Crippen LogP contribution in [0.3, 0.4) is 0 Å². The number of amides is 1. The van der Waals surface area contributed by atoms with Crippen molar-refractivity contribution < 1.29 is 9.21 Å². The van der Waals surface area contributed by atoms with Gasteiger partial charge in [0, 0.05) is 24.0 Å². The molecule has 1 amide bonds. The van der Waals surface area contributed by atoms with E-state index in [1.165, 1.54) is 18.1 Å². The van der Waals surface area contributed by atoms with Crippen LogP contribution < -0.4 is 5.32 Å². The van der Waals surface area contributed by atoms with Crippen LogP contribution in [-0.2, 0) is 12.2 Å². The van der Waals surface area contributed by atoms with Gasteiger partial charge in [0.25, 0.3) is 5.91 Å². The number of carbonyl (C=O) groups is 1. The van der Waals surface area contributed by atoms with Crippen molar-refractivity contribution in [2.24, 2.45) is 0 Å². The third-order valence-electron chi connectivity index (χ3n) is 3.15. The molecule has 7 nitrogen and oxygen atoms in total. The number of aryl methyl sites for hydroxylation is 2. The van der Waals surface area contributed by atoms with Gasteiger partial charge in [-0.2, -0.15) is 5.10 Å². The van der Waals surface area contributed by atoms with Gasteiger partial charge >= 0.3 is 0 Å². The Morgan fingerprint density at radius 1 is 1.46 bits per heavy atom. The number of rotatable bonds is 8. The summed E-state index contributed by atoms with van der Waals surface area (Å²) >= 11 is 3.12. The first-order valence-corrected chi connectivity index (χ1v) is 9.33. The van der Waals surface area contributed by atoms with E-state index in [2.05, 4.69) is 25.5 Å². The summed E-state index contributed by atoms with van der Waals surface area (Å²) in [4.78, 5) is 20.5. The number of carbonyl (C=O) groups excluding carboxylic acids is 1. The summed E-state index contributed by atoms with van der Waals surface area (Å²) in [7, 11) is 0. The van der Waals surface area contributed by atoms with E-state index >= 15 is 0 Å². The normalized spacial score (nSPS) is 10.9. The van der Waals surface area contributed by atoms with Gasteiger partial charge < -0.3 is 9.73 Å². The first-order chi connectivity index (χ1) is 11.7. The summed E-state index contributed by atoms with van der Waals surface area (Å²) < 4.78 is 5.56. The van der Waals surface area contributed by atoms with Gasteiger partial charge in [-0.1, -0.05) is 11.8 Å². The van der Waals surface area contributed by atoms with Gasteiger partial charge in [-0.3, -0.25) is 9.89 Å². The third kappa shape index (κ3) is 4.68. The maximum absolute atomic E-state index is 12.1. The molecule has 0 fully saturated rings. The van der Waals surface area contributed by atoms with Crippen LogP contribution in [0, 0.1) is 6.92 Å². The molecule has 3 aromatic rings. The van der Waals surface area contributed by atoms with E-state index in [4.69, 9.17) is 4.42 Å². The average molecular weight is 363 g/mol. The lowest BCUT2D eigenvalue weighted by molar-refractivity contribution is 0.0924. The highest BCUT2D eigenvalue weighted by molar-refractivity contribution is 7.98. The first kappa shape index (κ1) is 16.7. The van der Waals surface area contributed by atoms with E-state index in [0.717, 1.165) is 34.5 Å². The summed E-state index contributed by atoms with van der Waals surface area (Å²) in [6, 6.07) is 3.49.